The molecule has 1 N–H and O–H groups in total. The summed E-state index contributed by atoms with van der Waals surface area (Å²) >= 11 is 1.44. The van der Waals surface area contributed by atoms with Crippen molar-refractivity contribution < 1.29 is 4.79 Å². The van der Waals surface area contributed by atoms with Crippen molar-refractivity contribution in [1.29, 1.82) is 0 Å². The molecule has 6 heteroatoms. The molecule has 0 bridgehead atoms. The quantitative estimate of drug-likeness (QED) is 0.838. The summed E-state index contributed by atoms with van der Waals surface area (Å²) in [6.07, 6.45) is 4.95. The predicted molar refractivity (Wildman–Crippen MR) is 97.5 cm³/mol. The molecule has 0 unspecified atom stereocenters. The van der Waals surface area contributed by atoms with Crippen LogP contribution in [0.3, 0.4) is 0 Å². The number of anilines is 1. The second-order valence-corrected chi connectivity index (χ2v) is 7.43. The summed E-state index contributed by atoms with van der Waals surface area (Å²) < 4.78 is 2.05. The van der Waals surface area contributed by atoms with Gasteiger partial charge in [0.1, 0.15) is 5.82 Å². The zero-order valence-corrected chi connectivity index (χ0v) is 15.3. The number of hydrogen-bond acceptors (Lipinski definition) is 4. The van der Waals surface area contributed by atoms with E-state index in [4.69, 9.17) is 0 Å². The SMILES string of the molecule is Cc1cccc(C)c1NC(=O)CSc1nnc(C2CCCC2)n1C. The van der Waals surface area contributed by atoms with Gasteiger partial charge in [-0.05, 0) is 37.8 Å². The van der Waals surface area contributed by atoms with E-state index in [0.29, 0.717) is 11.7 Å². The molecule has 128 valence electrons. The third-order valence-electron chi connectivity index (χ3n) is 4.67. The minimum absolute atomic E-state index is 0.0113. The first-order valence-corrected chi connectivity index (χ1v) is 9.43. The van der Waals surface area contributed by atoms with Gasteiger partial charge in [-0.25, -0.2) is 0 Å². The van der Waals surface area contributed by atoms with E-state index in [0.717, 1.165) is 27.8 Å². The van der Waals surface area contributed by atoms with Gasteiger partial charge in [-0.15, -0.1) is 10.2 Å². The van der Waals surface area contributed by atoms with E-state index < -0.39 is 0 Å². The van der Waals surface area contributed by atoms with Crippen molar-refractivity contribution in [3.05, 3.63) is 35.2 Å². The largest absolute Gasteiger partial charge is 0.325 e. The maximum absolute atomic E-state index is 12.3. The highest BCUT2D eigenvalue weighted by atomic mass is 32.2. The van der Waals surface area contributed by atoms with Crippen LogP contribution >= 0.6 is 11.8 Å². The Morgan fingerprint density at radius 3 is 2.58 bits per heavy atom. The summed E-state index contributed by atoms with van der Waals surface area (Å²) in [6, 6.07) is 6.01. The van der Waals surface area contributed by atoms with E-state index in [1.807, 2.05) is 43.7 Å². The van der Waals surface area contributed by atoms with Crippen LogP contribution in [0.2, 0.25) is 0 Å². The number of amides is 1. The lowest BCUT2D eigenvalue weighted by Crippen LogP contribution is -2.16. The van der Waals surface area contributed by atoms with Crippen molar-refractivity contribution in [3.8, 4) is 0 Å². The van der Waals surface area contributed by atoms with E-state index >= 15 is 0 Å². The van der Waals surface area contributed by atoms with Crippen LogP contribution in [-0.4, -0.2) is 26.4 Å². The van der Waals surface area contributed by atoms with Gasteiger partial charge < -0.3 is 9.88 Å². The Morgan fingerprint density at radius 1 is 1.25 bits per heavy atom. The molecule has 3 rings (SSSR count). The maximum atomic E-state index is 12.3. The van der Waals surface area contributed by atoms with Gasteiger partial charge in [0.25, 0.3) is 0 Å². The molecule has 0 saturated heterocycles. The van der Waals surface area contributed by atoms with E-state index in [1.54, 1.807) is 0 Å². The molecule has 1 amide bonds. The zero-order valence-electron chi connectivity index (χ0n) is 14.5. The molecular formula is C18H24N4OS. The Balaban J connectivity index is 1.60. The molecule has 2 aromatic rings. The molecule has 1 saturated carbocycles. The number of carbonyl (C=O) groups is 1. The number of hydrogen-bond donors (Lipinski definition) is 1. The van der Waals surface area contributed by atoms with Crippen molar-refractivity contribution in [1.82, 2.24) is 14.8 Å². The van der Waals surface area contributed by atoms with E-state index in [-0.39, 0.29) is 5.91 Å². The molecule has 1 aliphatic carbocycles. The molecule has 1 aliphatic rings. The minimum Gasteiger partial charge on any atom is -0.325 e. The van der Waals surface area contributed by atoms with Crippen molar-refractivity contribution in [2.24, 2.45) is 7.05 Å². The third-order valence-corrected chi connectivity index (χ3v) is 5.69. The number of aromatic nitrogens is 3. The molecule has 1 fully saturated rings. The number of thioether (sulfide) groups is 1. The number of benzene rings is 1. The lowest BCUT2D eigenvalue weighted by molar-refractivity contribution is -0.113. The van der Waals surface area contributed by atoms with Gasteiger partial charge >= 0.3 is 0 Å². The van der Waals surface area contributed by atoms with Crippen molar-refractivity contribution in [2.75, 3.05) is 11.1 Å². The maximum Gasteiger partial charge on any atom is 0.234 e. The van der Waals surface area contributed by atoms with Crippen LogP contribution in [0, 0.1) is 13.8 Å². The standard InChI is InChI=1S/C18H24N4OS/c1-12-7-6-8-13(2)16(12)19-15(23)11-24-18-21-20-17(22(18)3)14-9-4-5-10-14/h6-8,14H,4-5,9-11H2,1-3H3,(H,19,23). The van der Waals surface area contributed by atoms with Crippen LogP contribution in [0.5, 0.6) is 0 Å². The zero-order chi connectivity index (χ0) is 17.1. The van der Waals surface area contributed by atoms with Crippen LogP contribution in [0.1, 0.15) is 48.6 Å². The molecular weight excluding hydrogens is 320 g/mol. The smallest absolute Gasteiger partial charge is 0.234 e. The van der Waals surface area contributed by atoms with Crippen LogP contribution in [0.4, 0.5) is 5.69 Å². The fraction of sp³-hybridized carbons (Fsp3) is 0.500. The number of carbonyl (C=O) groups excluding carboxylic acids is 1. The molecule has 1 heterocycles. The molecule has 1 aromatic heterocycles. The number of aryl methyl sites for hydroxylation is 2. The monoisotopic (exact) mass is 344 g/mol. The fourth-order valence-corrected chi connectivity index (χ4v) is 4.03. The topological polar surface area (TPSA) is 59.8 Å². The molecule has 0 spiro atoms. The van der Waals surface area contributed by atoms with Crippen LogP contribution < -0.4 is 5.32 Å². The van der Waals surface area contributed by atoms with Gasteiger partial charge in [0.05, 0.1) is 5.75 Å². The summed E-state index contributed by atoms with van der Waals surface area (Å²) in [5.74, 6) is 1.91. The Bertz CT molecular complexity index is 714. The summed E-state index contributed by atoms with van der Waals surface area (Å²) in [6.45, 7) is 4.01. The normalized spacial score (nSPS) is 15.0. The lowest BCUT2D eigenvalue weighted by atomic mass is 10.1. The first-order valence-electron chi connectivity index (χ1n) is 8.44. The second-order valence-electron chi connectivity index (χ2n) is 6.48. The van der Waals surface area contributed by atoms with Gasteiger partial charge in [-0.2, -0.15) is 0 Å². The Kier molecular flexibility index (Phi) is 5.23. The highest BCUT2D eigenvalue weighted by molar-refractivity contribution is 7.99. The van der Waals surface area contributed by atoms with Gasteiger partial charge in [0.2, 0.25) is 5.91 Å². The molecule has 0 aliphatic heterocycles. The van der Waals surface area contributed by atoms with E-state index in [1.165, 1.54) is 37.4 Å². The molecule has 0 atom stereocenters. The second kappa shape index (κ2) is 7.38. The first kappa shape index (κ1) is 17.0. The van der Waals surface area contributed by atoms with Crippen molar-refractivity contribution in [2.45, 2.75) is 50.6 Å². The molecule has 0 radical (unpaired) electrons. The molecule has 1 aromatic carbocycles. The van der Waals surface area contributed by atoms with Crippen LogP contribution in [-0.2, 0) is 11.8 Å². The average Bonchev–Trinajstić information content (AvgIpc) is 3.19. The number of nitrogens with zero attached hydrogens (tertiary/aromatic N) is 3. The summed E-state index contributed by atoms with van der Waals surface area (Å²) in [7, 11) is 2.00. The third kappa shape index (κ3) is 3.64. The Morgan fingerprint density at radius 2 is 1.92 bits per heavy atom. The lowest BCUT2D eigenvalue weighted by Gasteiger charge is -2.11. The van der Waals surface area contributed by atoms with E-state index in [2.05, 4.69) is 15.5 Å². The van der Waals surface area contributed by atoms with Crippen LogP contribution in [0.15, 0.2) is 23.4 Å². The summed E-state index contributed by atoms with van der Waals surface area (Å²) in [4.78, 5) is 12.3. The predicted octanol–water partition coefficient (Wildman–Crippen LogP) is 3.82. The van der Waals surface area contributed by atoms with Crippen molar-refractivity contribution in [3.63, 3.8) is 0 Å². The first-order chi connectivity index (χ1) is 11.6. The number of rotatable bonds is 5. The van der Waals surface area contributed by atoms with Crippen molar-refractivity contribution >= 4 is 23.4 Å². The average molecular weight is 344 g/mol. The van der Waals surface area contributed by atoms with Gasteiger partial charge in [0.15, 0.2) is 5.16 Å². The van der Waals surface area contributed by atoms with Gasteiger partial charge in [-0.1, -0.05) is 42.8 Å². The summed E-state index contributed by atoms with van der Waals surface area (Å²) in [5.41, 5.74) is 3.07. The molecule has 5 nitrogen and oxygen atoms in total. The highest BCUT2D eigenvalue weighted by Crippen LogP contribution is 2.34. The Hall–Kier alpha value is -1.82. The summed E-state index contributed by atoms with van der Waals surface area (Å²) in [5, 5.41) is 12.4. The number of para-hydroxylation sites is 1. The van der Waals surface area contributed by atoms with Crippen LogP contribution in [0.25, 0.3) is 0 Å². The molecule has 24 heavy (non-hydrogen) atoms. The van der Waals surface area contributed by atoms with Gasteiger partial charge in [-0.3, -0.25) is 4.79 Å². The fourth-order valence-electron chi connectivity index (χ4n) is 3.31. The number of nitrogens with one attached hydrogen (secondary N) is 1. The van der Waals surface area contributed by atoms with E-state index in [9.17, 15) is 4.79 Å². The Labute approximate surface area is 147 Å². The minimum atomic E-state index is -0.0113. The highest BCUT2D eigenvalue weighted by Gasteiger charge is 2.23. The van der Waals surface area contributed by atoms with Gasteiger partial charge in [0, 0.05) is 18.7 Å².